The number of methoxy groups -OCH3 is 1. The minimum absolute atomic E-state index is 0.0521. The second-order valence-corrected chi connectivity index (χ2v) is 4.05. The maximum atomic E-state index is 12.1. The number of ether oxygens (including phenoxy) is 2. The predicted molar refractivity (Wildman–Crippen MR) is 55.6 cm³/mol. The molecular weight excluding hydrogens is 257 g/mol. The molecule has 0 aliphatic heterocycles. The van der Waals surface area contributed by atoms with Crippen molar-refractivity contribution in [3.8, 4) is 0 Å². The fraction of sp³-hybridized carbons (Fsp3) is 0.300. The zero-order valence-corrected chi connectivity index (χ0v) is 9.60. The highest BCUT2D eigenvalue weighted by molar-refractivity contribution is 8.00. The van der Waals surface area contributed by atoms with E-state index in [0.29, 0.717) is 0 Å². The predicted octanol–water partition coefficient (Wildman–Crippen LogP) is 3.06. The lowest BCUT2D eigenvalue weighted by Crippen LogP contribution is -2.07. The summed E-state index contributed by atoms with van der Waals surface area (Å²) in [6.07, 6.45) is 0. The van der Waals surface area contributed by atoms with Gasteiger partial charge in [0.1, 0.15) is 0 Å². The van der Waals surface area contributed by atoms with Gasteiger partial charge in [0.15, 0.2) is 6.79 Å². The molecule has 0 aromatic heterocycles. The second kappa shape index (κ2) is 5.92. The standard InChI is InChI=1S/C10H9F3O3S/c1-15-6-16-9(14)7-3-2-4-8(5-7)17-10(11,12)13/h2-5H,6H2,1H3. The Hall–Kier alpha value is -1.21. The maximum Gasteiger partial charge on any atom is 0.446 e. The van der Waals surface area contributed by atoms with Gasteiger partial charge in [-0.2, -0.15) is 13.2 Å². The number of carbonyl (C=O) groups excluding carboxylic acids is 1. The smallest absolute Gasteiger partial charge is 0.435 e. The van der Waals surface area contributed by atoms with E-state index < -0.39 is 11.5 Å². The summed E-state index contributed by atoms with van der Waals surface area (Å²) in [5.74, 6) is -0.725. The number of benzene rings is 1. The third kappa shape index (κ3) is 5.10. The van der Waals surface area contributed by atoms with Crippen molar-refractivity contribution in [3.05, 3.63) is 29.8 Å². The summed E-state index contributed by atoms with van der Waals surface area (Å²) in [6, 6.07) is 5.12. The van der Waals surface area contributed by atoms with Gasteiger partial charge in [-0.15, -0.1) is 0 Å². The van der Waals surface area contributed by atoms with E-state index in [2.05, 4.69) is 9.47 Å². The van der Waals surface area contributed by atoms with Crippen LogP contribution in [-0.2, 0) is 9.47 Å². The van der Waals surface area contributed by atoms with Gasteiger partial charge in [0.2, 0.25) is 0 Å². The van der Waals surface area contributed by atoms with Gasteiger partial charge < -0.3 is 9.47 Å². The van der Waals surface area contributed by atoms with Crippen LogP contribution in [0, 0.1) is 0 Å². The first-order valence-corrected chi connectivity index (χ1v) is 5.26. The Balaban J connectivity index is 2.75. The third-order valence-corrected chi connectivity index (χ3v) is 2.33. The number of thioether (sulfide) groups is 1. The normalized spacial score (nSPS) is 11.3. The fourth-order valence-electron chi connectivity index (χ4n) is 1.02. The number of rotatable bonds is 4. The first-order valence-electron chi connectivity index (χ1n) is 4.44. The molecule has 0 N–H and O–H groups in total. The van der Waals surface area contributed by atoms with E-state index in [-0.39, 0.29) is 29.0 Å². The highest BCUT2D eigenvalue weighted by Crippen LogP contribution is 2.36. The van der Waals surface area contributed by atoms with Crippen LogP contribution in [0.2, 0.25) is 0 Å². The van der Waals surface area contributed by atoms with E-state index >= 15 is 0 Å². The molecule has 0 saturated heterocycles. The maximum absolute atomic E-state index is 12.1. The molecule has 1 rings (SSSR count). The summed E-state index contributed by atoms with van der Waals surface area (Å²) in [5, 5.41) is 0. The minimum Gasteiger partial charge on any atom is -0.435 e. The van der Waals surface area contributed by atoms with E-state index in [0.717, 1.165) is 6.07 Å². The zero-order valence-electron chi connectivity index (χ0n) is 8.78. The molecule has 0 spiro atoms. The summed E-state index contributed by atoms with van der Waals surface area (Å²) in [5.41, 5.74) is -4.33. The van der Waals surface area contributed by atoms with Crippen LogP contribution >= 0.6 is 11.8 Å². The molecular formula is C10H9F3O3S. The lowest BCUT2D eigenvalue weighted by Gasteiger charge is -2.07. The monoisotopic (exact) mass is 266 g/mol. The highest BCUT2D eigenvalue weighted by atomic mass is 32.2. The number of esters is 1. The van der Waals surface area contributed by atoms with Crippen LogP contribution < -0.4 is 0 Å². The lowest BCUT2D eigenvalue weighted by atomic mass is 10.2. The molecule has 0 saturated carbocycles. The van der Waals surface area contributed by atoms with Crippen molar-refractivity contribution < 1.29 is 27.4 Å². The molecule has 0 amide bonds. The van der Waals surface area contributed by atoms with Gasteiger partial charge in [0.05, 0.1) is 5.56 Å². The molecule has 1 aromatic carbocycles. The van der Waals surface area contributed by atoms with Crippen LogP contribution in [0.1, 0.15) is 10.4 Å². The number of halogens is 3. The fourth-order valence-corrected chi connectivity index (χ4v) is 1.62. The molecule has 0 aliphatic carbocycles. The number of carbonyl (C=O) groups is 1. The van der Waals surface area contributed by atoms with E-state index in [1.165, 1.54) is 25.3 Å². The summed E-state index contributed by atoms with van der Waals surface area (Å²) >= 11 is -0.283. The van der Waals surface area contributed by atoms with Crippen LogP contribution in [0.25, 0.3) is 0 Å². The quantitative estimate of drug-likeness (QED) is 0.476. The Morgan fingerprint density at radius 2 is 2.12 bits per heavy atom. The SMILES string of the molecule is COCOC(=O)c1cccc(SC(F)(F)F)c1. The van der Waals surface area contributed by atoms with Gasteiger partial charge in [0, 0.05) is 12.0 Å². The van der Waals surface area contributed by atoms with Crippen molar-refractivity contribution in [2.75, 3.05) is 13.9 Å². The Morgan fingerprint density at radius 3 is 2.71 bits per heavy atom. The molecule has 0 bridgehead atoms. The first-order chi connectivity index (χ1) is 7.92. The van der Waals surface area contributed by atoms with Crippen LogP contribution in [0.5, 0.6) is 0 Å². The summed E-state index contributed by atoms with van der Waals surface area (Å²) in [4.78, 5) is 11.3. The Kier molecular flexibility index (Phi) is 4.83. The number of hydrogen-bond donors (Lipinski definition) is 0. The van der Waals surface area contributed by atoms with Gasteiger partial charge in [-0.3, -0.25) is 0 Å². The van der Waals surface area contributed by atoms with Gasteiger partial charge in [-0.05, 0) is 30.0 Å². The summed E-state index contributed by atoms with van der Waals surface area (Å²) in [6.45, 7) is -0.241. The van der Waals surface area contributed by atoms with Crippen LogP contribution in [0.15, 0.2) is 29.2 Å². The lowest BCUT2D eigenvalue weighted by molar-refractivity contribution is -0.0328. The molecule has 3 nitrogen and oxygen atoms in total. The second-order valence-electron chi connectivity index (χ2n) is 2.91. The van der Waals surface area contributed by atoms with Crippen molar-refractivity contribution in [3.63, 3.8) is 0 Å². The molecule has 0 atom stereocenters. The molecule has 0 radical (unpaired) electrons. The molecule has 0 aliphatic rings. The summed E-state index contributed by atoms with van der Waals surface area (Å²) in [7, 11) is 1.34. The molecule has 0 unspecified atom stereocenters. The van der Waals surface area contributed by atoms with Gasteiger partial charge in [0.25, 0.3) is 0 Å². The zero-order chi connectivity index (χ0) is 12.9. The van der Waals surface area contributed by atoms with Crippen molar-refractivity contribution in [2.24, 2.45) is 0 Å². The van der Waals surface area contributed by atoms with E-state index in [1.54, 1.807) is 0 Å². The first kappa shape index (κ1) is 13.9. The Bertz CT molecular complexity index is 393. The average molecular weight is 266 g/mol. The van der Waals surface area contributed by atoms with E-state index in [9.17, 15) is 18.0 Å². The molecule has 0 fully saturated rings. The number of alkyl halides is 3. The van der Waals surface area contributed by atoms with Gasteiger partial charge in [-0.1, -0.05) is 6.07 Å². The molecule has 1 aromatic rings. The molecule has 0 heterocycles. The molecule has 7 heteroatoms. The van der Waals surface area contributed by atoms with Crippen molar-refractivity contribution >= 4 is 17.7 Å². The third-order valence-electron chi connectivity index (χ3n) is 1.61. The van der Waals surface area contributed by atoms with E-state index in [4.69, 9.17) is 0 Å². The van der Waals surface area contributed by atoms with Gasteiger partial charge in [-0.25, -0.2) is 4.79 Å². The highest BCUT2D eigenvalue weighted by Gasteiger charge is 2.29. The molecule has 94 valence electrons. The largest absolute Gasteiger partial charge is 0.446 e. The van der Waals surface area contributed by atoms with Crippen LogP contribution in [0.4, 0.5) is 13.2 Å². The summed E-state index contributed by atoms with van der Waals surface area (Å²) < 4.78 is 45.4. The van der Waals surface area contributed by atoms with Crippen molar-refractivity contribution in [2.45, 2.75) is 10.4 Å². The van der Waals surface area contributed by atoms with Crippen molar-refractivity contribution in [1.29, 1.82) is 0 Å². The minimum atomic E-state index is -4.38. The number of hydrogen-bond acceptors (Lipinski definition) is 4. The van der Waals surface area contributed by atoms with Crippen LogP contribution in [-0.4, -0.2) is 25.4 Å². The Morgan fingerprint density at radius 1 is 1.41 bits per heavy atom. The average Bonchev–Trinajstić information content (AvgIpc) is 2.24. The van der Waals surface area contributed by atoms with Gasteiger partial charge >= 0.3 is 11.5 Å². The van der Waals surface area contributed by atoms with E-state index in [1.807, 2.05) is 0 Å². The Labute approximate surface area is 99.9 Å². The van der Waals surface area contributed by atoms with Crippen molar-refractivity contribution in [1.82, 2.24) is 0 Å². The van der Waals surface area contributed by atoms with Crippen LogP contribution in [0.3, 0.4) is 0 Å². The molecule has 17 heavy (non-hydrogen) atoms. The topological polar surface area (TPSA) is 35.5 Å².